The van der Waals surface area contributed by atoms with Crippen molar-refractivity contribution in [3.8, 4) is 17.1 Å². The minimum Gasteiger partial charge on any atom is -0.497 e. The Morgan fingerprint density at radius 3 is 2.88 bits per heavy atom. The summed E-state index contributed by atoms with van der Waals surface area (Å²) < 4.78 is 5.90. The molecule has 0 saturated heterocycles. The number of rotatable bonds is 5. The van der Waals surface area contributed by atoms with Gasteiger partial charge in [0.05, 0.1) is 12.7 Å². The van der Waals surface area contributed by atoms with Gasteiger partial charge in [0, 0.05) is 21.6 Å². The fourth-order valence-electron chi connectivity index (χ4n) is 2.68. The van der Waals surface area contributed by atoms with Crippen LogP contribution < -0.4 is 10.1 Å². The Bertz CT molecular complexity index is 966. The second-order valence-corrected chi connectivity index (χ2v) is 7.05. The normalized spacial score (nSPS) is 13.5. The highest BCUT2D eigenvalue weighted by atomic mass is 79.9. The Balaban J connectivity index is 1.55. The molecule has 1 saturated carbocycles. The third kappa shape index (κ3) is 3.48. The summed E-state index contributed by atoms with van der Waals surface area (Å²) in [5.74, 6) is 2.51. The molecular formula is C19H17BrN4O2. The van der Waals surface area contributed by atoms with E-state index in [9.17, 15) is 4.79 Å². The lowest BCUT2D eigenvalue weighted by Crippen LogP contribution is -2.12. The summed E-state index contributed by atoms with van der Waals surface area (Å²) in [5, 5.41) is 10.2. The Kier molecular flexibility index (Phi) is 4.46. The van der Waals surface area contributed by atoms with E-state index < -0.39 is 0 Å². The van der Waals surface area contributed by atoms with Crippen LogP contribution in [0.2, 0.25) is 0 Å². The first-order valence-electron chi connectivity index (χ1n) is 8.31. The zero-order valence-electron chi connectivity index (χ0n) is 14.1. The fourth-order valence-corrected chi connectivity index (χ4v) is 3.11. The number of carbonyl (C=O) groups is 1. The number of halogens is 1. The minimum absolute atomic E-state index is 0.221. The lowest BCUT2D eigenvalue weighted by atomic mass is 10.1. The number of nitrogens with zero attached hydrogens (tertiary/aromatic N) is 2. The van der Waals surface area contributed by atoms with E-state index in [4.69, 9.17) is 4.74 Å². The molecule has 0 aliphatic heterocycles. The number of methoxy groups -OCH3 is 1. The van der Waals surface area contributed by atoms with Gasteiger partial charge in [-0.25, -0.2) is 4.98 Å². The molecule has 1 fully saturated rings. The maximum absolute atomic E-state index is 12.6. The van der Waals surface area contributed by atoms with Crippen LogP contribution in [0.25, 0.3) is 11.4 Å². The van der Waals surface area contributed by atoms with E-state index in [0.29, 0.717) is 33.2 Å². The Morgan fingerprint density at radius 1 is 1.27 bits per heavy atom. The second kappa shape index (κ2) is 6.92. The first-order chi connectivity index (χ1) is 12.6. The predicted molar refractivity (Wildman–Crippen MR) is 102 cm³/mol. The molecule has 1 aromatic heterocycles. The molecule has 0 atom stereocenters. The number of hydrogen-bond acceptors (Lipinski definition) is 4. The number of aromatic nitrogens is 3. The molecule has 7 heteroatoms. The molecule has 4 rings (SSSR count). The Labute approximate surface area is 159 Å². The van der Waals surface area contributed by atoms with Gasteiger partial charge in [-0.1, -0.05) is 12.1 Å². The molecule has 2 N–H and O–H groups in total. The molecule has 6 nitrogen and oxygen atoms in total. The minimum atomic E-state index is -0.221. The summed E-state index contributed by atoms with van der Waals surface area (Å²) in [5.41, 5.74) is 2.04. The summed E-state index contributed by atoms with van der Waals surface area (Å²) in [6.07, 6.45) is 2.33. The van der Waals surface area contributed by atoms with E-state index in [0.717, 1.165) is 11.4 Å². The number of ether oxygens (including phenoxy) is 1. The standard InChI is InChI=1S/C19H17BrN4O2/c1-26-14-7-8-16(20)15(10-14)19(25)21-13-4-2-3-12(9-13)18-22-17(23-24-18)11-5-6-11/h2-4,7-11H,5-6H2,1H3,(H,21,25)(H,22,23,24). The van der Waals surface area contributed by atoms with Gasteiger partial charge in [0.2, 0.25) is 0 Å². The van der Waals surface area contributed by atoms with Crippen molar-refractivity contribution in [2.45, 2.75) is 18.8 Å². The van der Waals surface area contributed by atoms with Crippen LogP contribution in [0.4, 0.5) is 5.69 Å². The van der Waals surface area contributed by atoms with Gasteiger partial charge >= 0.3 is 0 Å². The number of anilines is 1. The zero-order valence-corrected chi connectivity index (χ0v) is 15.7. The van der Waals surface area contributed by atoms with E-state index in [-0.39, 0.29) is 5.91 Å². The molecule has 132 valence electrons. The molecule has 0 bridgehead atoms. The van der Waals surface area contributed by atoms with Crippen LogP contribution in [0.1, 0.15) is 34.9 Å². The molecule has 1 aliphatic carbocycles. The van der Waals surface area contributed by atoms with E-state index in [2.05, 4.69) is 36.4 Å². The van der Waals surface area contributed by atoms with Crippen LogP contribution in [0.3, 0.4) is 0 Å². The highest BCUT2D eigenvalue weighted by Gasteiger charge is 2.27. The van der Waals surface area contributed by atoms with E-state index in [1.807, 2.05) is 24.3 Å². The highest BCUT2D eigenvalue weighted by molar-refractivity contribution is 9.10. The van der Waals surface area contributed by atoms with Gasteiger partial charge in [0.1, 0.15) is 11.6 Å². The maximum atomic E-state index is 12.6. The summed E-state index contributed by atoms with van der Waals surface area (Å²) in [4.78, 5) is 17.2. The summed E-state index contributed by atoms with van der Waals surface area (Å²) in [6, 6.07) is 12.8. The highest BCUT2D eigenvalue weighted by Crippen LogP contribution is 2.38. The molecule has 1 amide bonds. The number of aromatic amines is 1. The summed E-state index contributed by atoms with van der Waals surface area (Å²) in [6.45, 7) is 0. The van der Waals surface area contributed by atoms with Crippen molar-refractivity contribution >= 4 is 27.5 Å². The van der Waals surface area contributed by atoms with Gasteiger partial charge in [-0.15, -0.1) is 0 Å². The van der Waals surface area contributed by atoms with E-state index in [1.165, 1.54) is 12.8 Å². The van der Waals surface area contributed by atoms with Gasteiger partial charge in [0.15, 0.2) is 5.82 Å². The smallest absolute Gasteiger partial charge is 0.256 e. The van der Waals surface area contributed by atoms with Crippen molar-refractivity contribution in [2.24, 2.45) is 0 Å². The van der Waals surface area contributed by atoms with Crippen molar-refractivity contribution in [1.29, 1.82) is 0 Å². The molecule has 2 aromatic carbocycles. The number of benzene rings is 2. The van der Waals surface area contributed by atoms with Gasteiger partial charge in [-0.05, 0) is 59.1 Å². The zero-order chi connectivity index (χ0) is 18.1. The number of carbonyl (C=O) groups excluding carboxylic acids is 1. The van der Waals surface area contributed by atoms with Gasteiger partial charge in [-0.3, -0.25) is 9.89 Å². The van der Waals surface area contributed by atoms with Crippen LogP contribution in [-0.2, 0) is 0 Å². The first kappa shape index (κ1) is 16.8. The molecule has 3 aromatic rings. The van der Waals surface area contributed by atoms with Crippen LogP contribution in [0, 0.1) is 0 Å². The third-order valence-electron chi connectivity index (χ3n) is 4.26. The monoisotopic (exact) mass is 412 g/mol. The van der Waals surface area contributed by atoms with Gasteiger partial charge in [-0.2, -0.15) is 5.10 Å². The van der Waals surface area contributed by atoms with Crippen molar-refractivity contribution < 1.29 is 9.53 Å². The molecule has 0 spiro atoms. The molecule has 0 unspecified atom stereocenters. The van der Waals surface area contributed by atoms with Crippen molar-refractivity contribution in [3.63, 3.8) is 0 Å². The summed E-state index contributed by atoms with van der Waals surface area (Å²) in [7, 11) is 1.57. The first-order valence-corrected chi connectivity index (χ1v) is 9.11. The lowest BCUT2D eigenvalue weighted by Gasteiger charge is -2.09. The molecular weight excluding hydrogens is 396 g/mol. The molecule has 1 aliphatic rings. The van der Waals surface area contributed by atoms with E-state index in [1.54, 1.807) is 25.3 Å². The Morgan fingerprint density at radius 2 is 2.12 bits per heavy atom. The lowest BCUT2D eigenvalue weighted by molar-refractivity contribution is 0.102. The maximum Gasteiger partial charge on any atom is 0.256 e. The van der Waals surface area contributed by atoms with Gasteiger partial charge < -0.3 is 10.1 Å². The SMILES string of the molecule is COc1ccc(Br)c(C(=O)Nc2cccc(-c3n[nH]c(C4CC4)n3)c2)c1. The average molecular weight is 413 g/mol. The van der Waals surface area contributed by atoms with Crippen LogP contribution in [0.5, 0.6) is 5.75 Å². The number of hydrogen-bond donors (Lipinski definition) is 2. The average Bonchev–Trinajstić information content (AvgIpc) is 3.39. The van der Waals surface area contributed by atoms with Crippen molar-refractivity contribution in [1.82, 2.24) is 15.2 Å². The quantitative estimate of drug-likeness (QED) is 0.651. The van der Waals surface area contributed by atoms with Crippen LogP contribution in [0.15, 0.2) is 46.9 Å². The molecule has 0 radical (unpaired) electrons. The van der Waals surface area contributed by atoms with Crippen molar-refractivity contribution in [3.05, 3.63) is 58.3 Å². The summed E-state index contributed by atoms with van der Waals surface area (Å²) >= 11 is 3.41. The molecule has 1 heterocycles. The number of amides is 1. The molecule has 26 heavy (non-hydrogen) atoms. The van der Waals surface area contributed by atoms with Crippen molar-refractivity contribution in [2.75, 3.05) is 12.4 Å². The van der Waals surface area contributed by atoms with Crippen LogP contribution in [-0.4, -0.2) is 28.2 Å². The largest absolute Gasteiger partial charge is 0.497 e. The van der Waals surface area contributed by atoms with Crippen LogP contribution >= 0.6 is 15.9 Å². The topological polar surface area (TPSA) is 79.9 Å². The van der Waals surface area contributed by atoms with E-state index >= 15 is 0 Å². The fraction of sp³-hybridized carbons (Fsp3) is 0.211. The number of nitrogens with one attached hydrogen (secondary N) is 2. The second-order valence-electron chi connectivity index (χ2n) is 6.20. The number of H-pyrrole nitrogens is 1. The van der Waals surface area contributed by atoms with Gasteiger partial charge in [0.25, 0.3) is 5.91 Å². The predicted octanol–water partition coefficient (Wildman–Crippen LogP) is 4.37. The Hall–Kier alpha value is -2.67. The third-order valence-corrected chi connectivity index (χ3v) is 4.96.